The van der Waals surface area contributed by atoms with Gasteiger partial charge in [0.2, 0.25) is 0 Å². The summed E-state index contributed by atoms with van der Waals surface area (Å²) in [5.74, 6) is 0.840. The van der Waals surface area contributed by atoms with Crippen molar-refractivity contribution in [1.82, 2.24) is 15.2 Å². The maximum absolute atomic E-state index is 12.1. The minimum Gasteiger partial charge on any atom is -0.369 e. The smallest absolute Gasteiger partial charge is 0.277 e. The number of hydrogen-bond acceptors (Lipinski definition) is 5. The minimum atomic E-state index is -0.331. The molecule has 0 aliphatic rings. The van der Waals surface area contributed by atoms with E-state index in [9.17, 15) is 4.79 Å². The van der Waals surface area contributed by atoms with Crippen LogP contribution in [0.4, 0.5) is 11.6 Å². The molecule has 110 valence electrons. The van der Waals surface area contributed by atoms with E-state index < -0.39 is 0 Å². The highest BCUT2D eigenvalue weighted by molar-refractivity contribution is 9.10. The van der Waals surface area contributed by atoms with E-state index in [1.807, 2.05) is 13.0 Å². The molecule has 0 aromatic carbocycles. The minimum absolute atomic E-state index is 0.251. The lowest BCUT2D eigenvalue weighted by Gasteiger charge is -2.07. The molecule has 0 unspecified atom stereocenters. The first-order valence-electron chi connectivity index (χ1n) is 6.61. The Kier molecular flexibility index (Phi) is 5.21. The van der Waals surface area contributed by atoms with Gasteiger partial charge < -0.3 is 10.6 Å². The molecule has 7 heteroatoms. The van der Waals surface area contributed by atoms with Crippen molar-refractivity contribution >= 4 is 33.5 Å². The molecule has 0 fully saturated rings. The maximum Gasteiger partial charge on any atom is 0.277 e. The van der Waals surface area contributed by atoms with Gasteiger partial charge in [-0.25, -0.2) is 4.98 Å². The van der Waals surface area contributed by atoms with Crippen LogP contribution < -0.4 is 10.6 Å². The summed E-state index contributed by atoms with van der Waals surface area (Å²) >= 11 is 3.33. The van der Waals surface area contributed by atoms with Crippen LogP contribution in [0.2, 0.25) is 0 Å². The first-order valence-corrected chi connectivity index (χ1v) is 7.40. The molecule has 2 rings (SSSR count). The van der Waals surface area contributed by atoms with E-state index in [1.54, 1.807) is 18.3 Å². The Morgan fingerprint density at radius 1 is 1.33 bits per heavy atom. The van der Waals surface area contributed by atoms with Crippen LogP contribution in [0.5, 0.6) is 0 Å². The number of aryl methyl sites for hydroxylation is 1. The third-order valence-electron chi connectivity index (χ3n) is 2.73. The van der Waals surface area contributed by atoms with E-state index in [0.717, 1.165) is 23.0 Å². The van der Waals surface area contributed by atoms with Crippen molar-refractivity contribution in [2.75, 3.05) is 17.2 Å². The van der Waals surface area contributed by atoms with Gasteiger partial charge in [0.15, 0.2) is 5.69 Å². The van der Waals surface area contributed by atoms with Gasteiger partial charge in [-0.15, -0.1) is 10.2 Å². The summed E-state index contributed by atoms with van der Waals surface area (Å²) in [6.07, 6.45) is 2.63. The zero-order valence-corrected chi connectivity index (χ0v) is 13.4. The highest BCUT2D eigenvalue weighted by Gasteiger charge is 2.11. The van der Waals surface area contributed by atoms with Crippen LogP contribution in [0.15, 0.2) is 28.9 Å². The van der Waals surface area contributed by atoms with Crippen LogP contribution >= 0.6 is 15.9 Å². The van der Waals surface area contributed by atoms with Crippen LogP contribution in [0, 0.1) is 6.92 Å². The van der Waals surface area contributed by atoms with Crippen LogP contribution in [-0.4, -0.2) is 27.6 Å². The molecule has 0 atom stereocenters. The van der Waals surface area contributed by atoms with Crippen molar-refractivity contribution in [3.63, 3.8) is 0 Å². The van der Waals surface area contributed by atoms with Gasteiger partial charge in [0, 0.05) is 17.2 Å². The molecular weight excluding hydrogens is 334 g/mol. The molecule has 2 aromatic rings. The van der Waals surface area contributed by atoms with Gasteiger partial charge >= 0.3 is 0 Å². The van der Waals surface area contributed by atoms with Gasteiger partial charge in [-0.2, -0.15) is 0 Å². The second-order valence-corrected chi connectivity index (χ2v) is 5.42. The average molecular weight is 350 g/mol. The average Bonchev–Trinajstić information content (AvgIpc) is 2.48. The molecule has 0 aliphatic heterocycles. The molecule has 0 bridgehead atoms. The van der Waals surface area contributed by atoms with E-state index >= 15 is 0 Å². The number of halogens is 1. The van der Waals surface area contributed by atoms with E-state index in [0.29, 0.717) is 11.6 Å². The highest BCUT2D eigenvalue weighted by Crippen LogP contribution is 2.17. The number of amides is 1. The normalized spacial score (nSPS) is 10.2. The Labute approximate surface area is 131 Å². The van der Waals surface area contributed by atoms with Crippen molar-refractivity contribution in [3.05, 3.63) is 40.1 Å². The Morgan fingerprint density at radius 3 is 2.76 bits per heavy atom. The lowest BCUT2D eigenvalue weighted by atomic mass is 10.3. The molecule has 0 radical (unpaired) electrons. The summed E-state index contributed by atoms with van der Waals surface area (Å²) in [6.45, 7) is 4.76. The molecule has 2 aromatic heterocycles. The molecule has 1 amide bonds. The number of anilines is 2. The van der Waals surface area contributed by atoms with Gasteiger partial charge in [0.25, 0.3) is 5.91 Å². The number of rotatable bonds is 5. The van der Waals surface area contributed by atoms with E-state index in [1.165, 1.54) is 0 Å². The summed E-state index contributed by atoms with van der Waals surface area (Å²) in [7, 11) is 0. The number of aromatic nitrogens is 3. The summed E-state index contributed by atoms with van der Waals surface area (Å²) in [5, 5.41) is 13.7. The number of carbonyl (C=O) groups excluding carboxylic acids is 1. The van der Waals surface area contributed by atoms with Crippen LogP contribution in [0.25, 0.3) is 0 Å². The summed E-state index contributed by atoms with van der Waals surface area (Å²) in [5.41, 5.74) is 1.12. The second kappa shape index (κ2) is 7.12. The fraction of sp³-hybridized carbons (Fsp3) is 0.286. The summed E-state index contributed by atoms with van der Waals surface area (Å²) in [4.78, 5) is 16.3. The molecule has 2 heterocycles. The molecule has 0 saturated heterocycles. The quantitative estimate of drug-likeness (QED) is 0.867. The van der Waals surface area contributed by atoms with Crippen molar-refractivity contribution < 1.29 is 4.79 Å². The molecule has 0 aliphatic carbocycles. The molecule has 2 N–H and O–H groups in total. The van der Waals surface area contributed by atoms with Gasteiger partial charge in [-0.3, -0.25) is 4.79 Å². The largest absolute Gasteiger partial charge is 0.369 e. The fourth-order valence-electron chi connectivity index (χ4n) is 1.64. The summed E-state index contributed by atoms with van der Waals surface area (Å²) < 4.78 is 0.865. The van der Waals surface area contributed by atoms with Crippen molar-refractivity contribution in [3.8, 4) is 0 Å². The molecule has 0 spiro atoms. The Morgan fingerprint density at radius 2 is 2.14 bits per heavy atom. The lowest BCUT2D eigenvalue weighted by molar-refractivity contribution is 0.102. The predicted octanol–water partition coefficient (Wildman–Crippen LogP) is 3.02. The van der Waals surface area contributed by atoms with E-state index in [4.69, 9.17) is 0 Å². The second-order valence-electron chi connectivity index (χ2n) is 4.50. The van der Waals surface area contributed by atoms with Gasteiger partial charge in [0.1, 0.15) is 11.6 Å². The number of nitrogens with one attached hydrogen (secondary N) is 2. The lowest BCUT2D eigenvalue weighted by Crippen LogP contribution is -2.16. The molecular formula is C14H16BrN5O. The highest BCUT2D eigenvalue weighted by atomic mass is 79.9. The Bertz CT molecular complexity index is 630. The maximum atomic E-state index is 12.1. The Balaban J connectivity index is 2.06. The van der Waals surface area contributed by atoms with Crippen LogP contribution in [-0.2, 0) is 0 Å². The molecule has 0 saturated carbocycles. The van der Waals surface area contributed by atoms with Crippen molar-refractivity contribution in [1.29, 1.82) is 0 Å². The van der Waals surface area contributed by atoms with Crippen molar-refractivity contribution in [2.24, 2.45) is 0 Å². The third-order valence-corrected chi connectivity index (χ3v) is 3.16. The van der Waals surface area contributed by atoms with Gasteiger partial charge in [-0.1, -0.05) is 6.92 Å². The predicted molar refractivity (Wildman–Crippen MR) is 85.4 cm³/mol. The van der Waals surface area contributed by atoms with E-state index in [-0.39, 0.29) is 11.6 Å². The zero-order chi connectivity index (χ0) is 15.2. The zero-order valence-electron chi connectivity index (χ0n) is 11.9. The Hall–Kier alpha value is -2.02. The number of hydrogen-bond donors (Lipinski definition) is 2. The van der Waals surface area contributed by atoms with E-state index in [2.05, 4.69) is 48.7 Å². The molecule has 6 nitrogen and oxygen atoms in total. The first-order chi connectivity index (χ1) is 10.1. The van der Waals surface area contributed by atoms with Gasteiger partial charge in [-0.05, 0) is 53.0 Å². The number of pyridine rings is 1. The summed E-state index contributed by atoms with van der Waals surface area (Å²) in [6, 6.07) is 5.25. The molecule has 21 heavy (non-hydrogen) atoms. The van der Waals surface area contributed by atoms with Crippen LogP contribution in [0.3, 0.4) is 0 Å². The SMILES string of the molecule is CCCNc1ccc(C(=O)Nc2ncc(Br)cc2C)nn1. The number of carbonyl (C=O) groups is 1. The van der Waals surface area contributed by atoms with Gasteiger partial charge in [0.05, 0.1) is 0 Å². The topological polar surface area (TPSA) is 79.8 Å². The number of nitrogens with zero attached hydrogens (tertiary/aromatic N) is 3. The first kappa shape index (κ1) is 15.4. The monoisotopic (exact) mass is 349 g/mol. The third kappa shape index (κ3) is 4.22. The fourth-order valence-corrected chi connectivity index (χ4v) is 2.09. The van der Waals surface area contributed by atoms with Crippen molar-refractivity contribution in [2.45, 2.75) is 20.3 Å². The standard InChI is InChI=1S/C14H16BrN5O/c1-3-6-16-12-5-4-11(19-20-12)14(21)18-13-9(2)7-10(15)8-17-13/h4-5,7-8H,3,6H2,1-2H3,(H,16,20)(H,17,18,21). The van der Waals surface area contributed by atoms with Crippen LogP contribution in [0.1, 0.15) is 29.4 Å².